The number of hydrogen-bond acceptors (Lipinski definition) is 1. The second-order valence-electron chi connectivity index (χ2n) is 3.69. The molecule has 1 aromatic carbocycles. The van der Waals surface area contributed by atoms with E-state index in [-0.39, 0.29) is 0 Å². The second-order valence-corrected chi connectivity index (χ2v) is 4.54. The van der Waals surface area contributed by atoms with Gasteiger partial charge in [-0.05, 0) is 53.7 Å². The molecule has 0 spiro atoms. The lowest BCUT2D eigenvalue weighted by Gasteiger charge is -2.12. The number of nitrogens with zero attached hydrogens (tertiary/aromatic N) is 1. The third kappa shape index (κ3) is 2.44. The summed E-state index contributed by atoms with van der Waals surface area (Å²) in [4.78, 5) is 4.69. The molecule has 0 saturated heterocycles. The van der Waals surface area contributed by atoms with E-state index in [2.05, 4.69) is 27.0 Å². The fourth-order valence-electron chi connectivity index (χ4n) is 1.78. The first-order valence-corrected chi connectivity index (χ1v) is 5.96. The standard InChI is InChI=1S/C12H14BrN/c13-11-8-4-5-9-12(11)14-10-6-2-1-3-7-10/h4-5,8-9H,1-3,6-7H2. The minimum atomic E-state index is 1.07. The summed E-state index contributed by atoms with van der Waals surface area (Å²) in [5.41, 5.74) is 2.44. The van der Waals surface area contributed by atoms with Crippen molar-refractivity contribution in [1.29, 1.82) is 0 Å². The van der Waals surface area contributed by atoms with Gasteiger partial charge in [0.15, 0.2) is 0 Å². The van der Waals surface area contributed by atoms with Crippen molar-refractivity contribution >= 4 is 27.3 Å². The van der Waals surface area contributed by atoms with Gasteiger partial charge in [0.2, 0.25) is 0 Å². The molecule has 2 rings (SSSR count). The predicted molar refractivity (Wildman–Crippen MR) is 64.3 cm³/mol. The summed E-state index contributed by atoms with van der Waals surface area (Å²) < 4.78 is 1.10. The molecule has 0 amide bonds. The maximum atomic E-state index is 4.69. The largest absolute Gasteiger partial charge is 0.257 e. The van der Waals surface area contributed by atoms with Crippen LogP contribution in [-0.2, 0) is 0 Å². The molecule has 1 aromatic rings. The fraction of sp³-hybridized carbons (Fsp3) is 0.417. The van der Waals surface area contributed by atoms with Crippen molar-refractivity contribution in [3.05, 3.63) is 28.7 Å². The van der Waals surface area contributed by atoms with E-state index < -0.39 is 0 Å². The molecule has 0 atom stereocenters. The van der Waals surface area contributed by atoms with Crippen molar-refractivity contribution in [2.24, 2.45) is 4.99 Å². The van der Waals surface area contributed by atoms with E-state index >= 15 is 0 Å². The number of halogens is 1. The van der Waals surface area contributed by atoms with Crippen molar-refractivity contribution in [3.8, 4) is 0 Å². The van der Waals surface area contributed by atoms with Crippen LogP contribution in [0.25, 0.3) is 0 Å². The molecule has 1 aliphatic rings. The van der Waals surface area contributed by atoms with Crippen LogP contribution in [0.3, 0.4) is 0 Å². The van der Waals surface area contributed by atoms with Gasteiger partial charge in [-0.2, -0.15) is 0 Å². The van der Waals surface area contributed by atoms with Crippen LogP contribution < -0.4 is 0 Å². The average Bonchev–Trinajstić information content (AvgIpc) is 2.23. The van der Waals surface area contributed by atoms with E-state index in [1.165, 1.54) is 37.8 Å². The Bertz CT molecular complexity index is 336. The molecule has 1 aliphatic carbocycles. The first-order chi connectivity index (χ1) is 6.86. The molecule has 14 heavy (non-hydrogen) atoms. The van der Waals surface area contributed by atoms with Gasteiger partial charge in [0, 0.05) is 10.2 Å². The average molecular weight is 252 g/mol. The van der Waals surface area contributed by atoms with Gasteiger partial charge >= 0.3 is 0 Å². The summed E-state index contributed by atoms with van der Waals surface area (Å²) in [5, 5.41) is 0. The molecule has 0 aromatic heterocycles. The van der Waals surface area contributed by atoms with E-state index in [9.17, 15) is 0 Å². The first-order valence-electron chi connectivity index (χ1n) is 5.17. The molecule has 2 heteroatoms. The van der Waals surface area contributed by atoms with Crippen LogP contribution in [-0.4, -0.2) is 5.71 Å². The zero-order valence-corrected chi connectivity index (χ0v) is 9.76. The Kier molecular flexibility index (Phi) is 3.35. The normalized spacial score (nSPS) is 16.8. The van der Waals surface area contributed by atoms with Crippen LogP contribution in [0, 0.1) is 0 Å². The van der Waals surface area contributed by atoms with Crippen molar-refractivity contribution < 1.29 is 0 Å². The lowest BCUT2D eigenvalue weighted by Crippen LogP contribution is -2.03. The molecule has 0 radical (unpaired) electrons. The van der Waals surface area contributed by atoms with Crippen molar-refractivity contribution in [2.45, 2.75) is 32.1 Å². The third-order valence-electron chi connectivity index (χ3n) is 2.56. The topological polar surface area (TPSA) is 12.4 Å². The third-order valence-corrected chi connectivity index (χ3v) is 3.23. The number of aliphatic imine (C=N–C) groups is 1. The van der Waals surface area contributed by atoms with Crippen molar-refractivity contribution in [1.82, 2.24) is 0 Å². The van der Waals surface area contributed by atoms with Gasteiger partial charge in [-0.1, -0.05) is 18.6 Å². The van der Waals surface area contributed by atoms with Gasteiger partial charge in [-0.15, -0.1) is 0 Å². The molecule has 74 valence electrons. The number of hydrogen-bond donors (Lipinski definition) is 0. The highest BCUT2D eigenvalue weighted by molar-refractivity contribution is 9.10. The number of rotatable bonds is 1. The van der Waals surface area contributed by atoms with Crippen LogP contribution in [0.1, 0.15) is 32.1 Å². The number of para-hydroxylation sites is 1. The van der Waals surface area contributed by atoms with Crippen LogP contribution in [0.15, 0.2) is 33.7 Å². The van der Waals surface area contributed by atoms with E-state index in [0.29, 0.717) is 0 Å². The zero-order valence-electron chi connectivity index (χ0n) is 8.17. The van der Waals surface area contributed by atoms with Crippen LogP contribution in [0.5, 0.6) is 0 Å². The van der Waals surface area contributed by atoms with E-state index in [4.69, 9.17) is 0 Å². The molecule has 0 heterocycles. The van der Waals surface area contributed by atoms with Gasteiger partial charge in [0.1, 0.15) is 0 Å². The summed E-state index contributed by atoms with van der Waals surface area (Å²) in [6.07, 6.45) is 6.35. The molecule has 0 bridgehead atoms. The SMILES string of the molecule is Brc1ccccc1N=C1CCCCC1. The van der Waals surface area contributed by atoms with Gasteiger partial charge in [0.25, 0.3) is 0 Å². The van der Waals surface area contributed by atoms with Crippen LogP contribution >= 0.6 is 15.9 Å². The second kappa shape index (κ2) is 4.74. The van der Waals surface area contributed by atoms with E-state index in [0.717, 1.165) is 10.2 Å². The summed E-state index contributed by atoms with van der Waals surface area (Å²) >= 11 is 3.52. The molecular weight excluding hydrogens is 238 g/mol. The maximum Gasteiger partial charge on any atom is 0.0770 e. The summed E-state index contributed by atoms with van der Waals surface area (Å²) in [5.74, 6) is 0. The Balaban J connectivity index is 2.19. The summed E-state index contributed by atoms with van der Waals surface area (Å²) in [6, 6.07) is 8.16. The molecule has 1 nitrogen and oxygen atoms in total. The summed E-state index contributed by atoms with van der Waals surface area (Å²) in [7, 11) is 0. The monoisotopic (exact) mass is 251 g/mol. The van der Waals surface area contributed by atoms with Gasteiger partial charge in [-0.25, -0.2) is 0 Å². The highest BCUT2D eigenvalue weighted by Crippen LogP contribution is 2.26. The lowest BCUT2D eigenvalue weighted by atomic mass is 9.98. The Morgan fingerprint density at radius 3 is 2.43 bits per heavy atom. The first kappa shape index (κ1) is 9.91. The highest BCUT2D eigenvalue weighted by atomic mass is 79.9. The quantitative estimate of drug-likeness (QED) is 0.698. The van der Waals surface area contributed by atoms with Crippen LogP contribution in [0.2, 0.25) is 0 Å². The van der Waals surface area contributed by atoms with Crippen molar-refractivity contribution in [3.63, 3.8) is 0 Å². The predicted octanol–water partition coefficient (Wildman–Crippen LogP) is 4.49. The minimum absolute atomic E-state index is 1.07. The fourth-order valence-corrected chi connectivity index (χ4v) is 2.16. The van der Waals surface area contributed by atoms with E-state index in [1.807, 2.05) is 18.2 Å². The maximum absolute atomic E-state index is 4.69. The Labute approximate surface area is 93.4 Å². The molecular formula is C12H14BrN. The van der Waals surface area contributed by atoms with Crippen LogP contribution in [0.4, 0.5) is 5.69 Å². The Morgan fingerprint density at radius 1 is 1.00 bits per heavy atom. The molecule has 0 unspecified atom stereocenters. The smallest absolute Gasteiger partial charge is 0.0770 e. The van der Waals surface area contributed by atoms with Gasteiger partial charge < -0.3 is 0 Å². The molecule has 1 fully saturated rings. The Hall–Kier alpha value is -0.630. The Morgan fingerprint density at radius 2 is 1.71 bits per heavy atom. The molecule has 0 N–H and O–H groups in total. The van der Waals surface area contributed by atoms with Crippen molar-refractivity contribution in [2.75, 3.05) is 0 Å². The highest BCUT2D eigenvalue weighted by Gasteiger charge is 2.07. The van der Waals surface area contributed by atoms with Gasteiger partial charge in [0.05, 0.1) is 5.69 Å². The molecule has 1 saturated carbocycles. The summed E-state index contributed by atoms with van der Waals surface area (Å²) in [6.45, 7) is 0. The zero-order chi connectivity index (χ0) is 9.80. The van der Waals surface area contributed by atoms with E-state index in [1.54, 1.807) is 0 Å². The van der Waals surface area contributed by atoms with Gasteiger partial charge in [-0.3, -0.25) is 4.99 Å². The number of benzene rings is 1. The lowest BCUT2D eigenvalue weighted by molar-refractivity contribution is 0.667. The molecule has 0 aliphatic heterocycles. The minimum Gasteiger partial charge on any atom is -0.257 e.